The number of ether oxygens (including phenoxy) is 4. The average Bonchev–Trinajstić information content (AvgIpc) is 2.76. The maximum absolute atomic E-state index is 13.2. The fraction of sp³-hybridized carbons (Fsp3) is 0.263. The normalized spacial score (nSPS) is 10.8. The van der Waals surface area contributed by atoms with Crippen molar-refractivity contribution in [3.8, 4) is 11.5 Å². The van der Waals surface area contributed by atoms with Crippen LogP contribution in [0.3, 0.4) is 0 Å². The largest absolute Gasteiger partial charge is 0.493 e. The second-order valence-corrected chi connectivity index (χ2v) is 7.71. The first-order valence-corrected chi connectivity index (χ1v) is 9.66. The predicted molar refractivity (Wildman–Crippen MR) is 104 cm³/mol. The number of anilines is 1. The highest BCUT2D eigenvalue weighted by Gasteiger charge is 2.26. The molecule has 0 radical (unpaired) electrons. The van der Waals surface area contributed by atoms with E-state index in [0.717, 1.165) is 30.7 Å². The van der Waals surface area contributed by atoms with Gasteiger partial charge >= 0.3 is 11.9 Å². The molecule has 0 fully saturated rings. The van der Waals surface area contributed by atoms with E-state index in [1.54, 1.807) is 6.07 Å². The summed E-state index contributed by atoms with van der Waals surface area (Å²) < 4.78 is 47.0. The minimum absolute atomic E-state index is 0.102. The third-order valence-corrected chi connectivity index (χ3v) is 5.90. The topological polar surface area (TPSA) is 108 Å². The van der Waals surface area contributed by atoms with Gasteiger partial charge in [-0.25, -0.2) is 18.0 Å². The monoisotopic (exact) mass is 423 g/mol. The van der Waals surface area contributed by atoms with Gasteiger partial charge < -0.3 is 18.9 Å². The van der Waals surface area contributed by atoms with Crippen molar-refractivity contribution in [2.45, 2.75) is 4.90 Å². The number of carbonyl (C=O) groups excluding carboxylic acids is 2. The number of esters is 2. The summed E-state index contributed by atoms with van der Waals surface area (Å²) in [6.45, 7) is 0. The lowest BCUT2D eigenvalue weighted by Gasteiger charge is -2.21. The number of rotatable bonds is 7. The Morgan fingerprint density at radius 1 is 0.793 bits per heavy atom. The van der Waals surface area contributed by atoms with Crippen LogP contribution in [0.4, 0.5) is 5.69 Å². The smallest absolute Gasteiger partial charge is 0.337 e. The second kappa shape index (κ2) is 8.82. The molecule has 0 amide bonds. The van der Waals surface area contributed by atoms with E-state index >= 15 is 0 Å². The molecular weight excluding hydrogens is 402 g/mol. The molecular formula is C19H21NO8S. The van der Waals surface area contributed by atoms with Gasteiger partial charge in [-0.3, -0.25) is 4.31 Å². The molecule has 0 aromatic heterocycles. The second-order valence-electron chi connectivity index (χ2n) is 5.74. The summed E-state index contributed by atoms with van der Waals surface area (Å²) in [4.78, 5) is 23.6. The highest BCUT2D eigenvalue weighted by molar-refractivity contribution is 7.92. The molecule has 0 bridgehead atoms. The maximum atomic E-state index is 13.2. The van der Waals surface area contributed by atoms with Gasteiger partial charge in [0.15, 0.2) is 11.5 Å². The molecule has 0 unspecified atom stereocenters. The van der Waals surface area contributed by atoms with Crippen molar-refractivity contribution in [3.05, 3.63) is 47.5 Å². The van der Waals surface area contributed by atoms with Crippen molar-refractivity contribution in [3.63, 3.8) is 0 Å². The van der Waals surface area contributed by atoms with Crippen LogP contribution in [0.25, 0.3) is 0 Å². The van der Waals surface area contributed by atoms with Crippen LogP contribution in [-0.4, -0.2) is 55.8 Å². The average molecular weight is 423 g/mol. The van der Waals surface area contributed by atoms with Crippen LogP contribution >= 0.6 is 0 Å². The molecule has 10 heteroatoms. The van der Waals surface area contributed by atoms with Gasteiger partial charge in [-0.1, -0.05) is 0 Å². The fourth-order valence-electron chi connectivity index (χ4n) is 2.54. The van der Waals surface area contributed by atoms with Gasteiger partial charge in [0.2, 0.25) is 0 Å². The van der Waals surface area contributed by atoms with Gasteiger partial charge in [0.25, 0.3) is 10.0 Å². The number of hydrogen-bond donors (Lipinski definition) is 0. The molecule has 2 rings (SSSR count). The number of benzene rings is 2. The van der Waals surface area contributed by atoms with Crippen LogP contribution in [0.5, 0.6) is 11.5 Å². The lowest BCUT2D eigenvalue weighted by Crippen LogP contribution is -2.27. The molecule has 0 spiro atoms. The van der Waals surface area contributed by atoms with E-state index in [1.807, 2.05) is 0 Å². The summed E-state index contributed by atoms with van der Waals surface area (Å²) in [6, 6.07) is 8.04. The van der Waals surface area contributed by atoms with Gasteiger partial charge in [0.05, 0.1) is 50.1 Å². The van der Waals surface area contributed by atoms with E-state index < -0.39 is 22.0 Å². The first kappa shape index (κ1) is 22.0. The zero-order chi connectivity index (χ0) is 21.8. The summed E-state index contributed by atoms with van der Waals surface area (Å²) in [7, 11) is 2.38. The lowest BCUT2D eigenvalue weighted by atomic mass is 10.1. The summed E-state index contributed by atoms with van der Waals surface area (Å²) in [5.74, 6) is -0.810. The van der Waals surface area contributed by atoms with Crippen LogP contribution in [-0.2, 0) is 19.5 Å². The number of nitrogens with zero attached hydrogens (tertiary/aromatic N) is 1. The van der Waals surface area contributed by atoms with Crippen LogP contribution in [0, 0.1) is 0 Å². The summed E-state index contributed by atoms with van der Waals surface area (Å²) in [6.07, 6.45) is 0. The van der Waals surface area contributed by atoms with E-state index in [1.165, 1.54) is 39.5 Å². The number of methoxy groups -OCH3 is 4. The lowest BCUT2D eigenvalue weighted by molar-refractivity contribution is 0.0598. The van der Waals surface area contributed by atoms with E-state index in [4.69, 9.17) is 9.47 Å². The SMILES string of the molecule is COC(=O)c1cc(C(=O)OC)cc(S(=O)(=O)N(C)c2ccc(OC)c(OC)c2)c1. The number of carbonyl (C=O) groups is 2. The molecule has 0 aliphatic carbocycles. The van der Waals surface area contributed by atoms with Gasteiger partial charge in [0.1, 0.15) is 0 Å². The Morgan fingerprint density at radius 3 is 1.76 bits per heavy atom. The van der Waals surface area contributed by atoms with Crippen LogP contribution in [0.15, 0.2) is 41.3 Å². The van der Waals surface area contributed by atoms with Crippen molar-refractivity contribution < 1.29 is 37.0 Å². The van der Waals surface area contributed by atoms with Crippen molar-refractivity contribution in [2.24, 2.45) is 0 Å². The van der Waals surface area contributed by atoms with Gasteiger partial charge in [-0.2, -0.15) is 0 Å². The van der Waals surface area contributed by atoms with Crippen LogP contribution in [0.2, 0.25) is 0 Å². The maximum Gasteiger partial charge on any atom is 0.337 e. The van der Waals surface area contributed by atoms with Crippen molar-refractivity contribution >= 4 is 27.6 Å². The first-order valence-electron chi connectivity index (χ1n) is 8.22. The Labute approximate surface area is 168 Å². The molecule has 2 aromatic carbocycles. The molecule has 0 atom stereocenters. The highest BCUT2D eigenvalue weighted by Crippen LogP contribution is 2.33. The quantitative estimate of drug-likeness (QED) is 0.623. The molecule has 0 saturated carbocycles. The minimum Gasteiger partial charge on any atom is -0.493 e. The Morgan fingerprint density at radius 2 is 1.31 bits per heavy atom. The van der Waals surface area contributed by atoms with E-state index in [9.17, 15) is 18.0 Å². The van der Waals surface area contributed by atoms with E-state index in [-0.39, 0.29) is 21.7 Å². The molecule has 0 saturated heterocycles. The van der Waals surface area contributed by atoms with Crippen LogP contribution < -0.4 is 13.8 Å². The number of hydrogen-bond acceptors (Lipinski definition) is 8. The van der Waals surface area contributed by atoms with Gasteiger partial charge in [0, 0.05) is 13.1 Å². The molecule has 0 heterocycles. The zero-order valence-corrected chi connectivity index (χ0v) is 17.4. The Bertz CT molecular complexity index is 998. The molecule has 156 valence electrons. The highest BCUT2D eigenvalue weighted by atomic mass is 32.2. The molecule has 0 aliphatic heterocycles. The van der Waals surface area contributed by atoms with Gasteiger partial charge in [-0.05, 0) is 30.3 Å². The Kier molecular flexibility index (Phi) is 6.70. The predicted octanol–water partition coefficient (Wildman–Crippen LogP) is 2.10. The van der Waals surface area contributed by atoms with Gasteiger partial charge in [-0.15, -0.1) is 0 Å². The number of sulfonamides is 1. The summed E-state index contributed by atoms with van der Waals surface area (Å²) in [5, 5.41) is 0. The molecule has 0 aliphatic rings. The van der Waals surface area contributed by atoms with Crippen LogP contribution in [0.1, 0.15) is 20.7 Å². The standard InChI is InChI=1S/C19H21NO8S/c1-20(14-6-7-16(25-2)17(11-14)26-3)29(23,24)15-9-12(18(21)27-4)8-13(10-15)19(22)28-5/h6-11H,1-5H3. The Hall–Kier alpha value is -3.27. The fourth-order valence-corrected chi connectivity index (χ4v) is 3.80. The third-order valence-electron chi connectivity index (χ3n) is 4.14. The molecule has 9 nitrogen and oxygen atoms in total. The minimum atomic E-state index is -4.14. The summed E-state index contributed by atoms with van der Waals surface area (Å²) >= 11 is 0. The van der Waals surface area contributed by atoms with Crippen molar-refractivity contribution in [2.75, 3.05) is 39.8 Å². The Balaban J connectivity index is 2.59. The van der Waals surface area contributed by atoms with Crippen molar-refractivity contribution in [1.29, 1.82) is 0 Å². The molecule has 29 heavy (non-hydrogen) atoms. The zero-order valence-electron chi connectivity index (χ0n) is 16.6. The summed E-state index contributed by atoms with van der Waals surface area (Å²) in [5.41, 5.74) is 0.0788. The molecule has 2 aromatic rings. The van der Waals surface area contributed by atoms with E-state index in [2.05, 4.69) is 9.47 Å². The molecule has 0 N–H and O–H groups in total. The first-order chi connectivity index (χ1) is 13.7. The van der Waals surface area contributed by atoms with Crippen molar-refractivity contribution in [1.82, 2.24) is 0 Å². The third kappa shape index (κ3) is 4.43. The van der Waals surface area contributed by atoms with E-state index in [0.29, 0.717) is 11.5 Å².